The van der Waals surface area contributed by atoms with E-state index in [1.165, 1.54) is 21.7 Å². The van der Waals surface area contributed by atoms with Gasteiger partial charge in [0.15, 0.2) is 0 Å². The topological polar surface area (TPSA) is 51.0 Å². The fourth-order valence-electron chi connectivity index (χ4n) is 4.54. The Balaban J connectivity index is 1.89. The molecule has 5 nitrogen and oxygen atoms in total. The molecule has 31 heavy (non-hydrogen) atoms. The molecule has 0 radical (unpaired) electrons. The highest BCUT2D eigenvalue weighted by Crippen LogP contribution is 2.52. The monoisotopic (exact) mass is 442 g/mol. The van der Waals surface area contributed by atoms with Crippen molar-refractivity contribution in [3.05, 3.63) is 51.8 Å². The van der Waals surface area contributed by atoms with Gasteiger partial charge in [-0.2, -0.15) is 26.3 Å². The van der Waals surface area contributed by atoms with Gasteiger partial charge in [-0.1, -0.05) is 5.92 Å². The zero-order chi connectivity index (χ0) is 22.6. The second kappa shape index (κ2) is 7.28. The first-order valence-electron chi connectivity index (χ1n) is 9.44. The molecule has 2 bridgehead atoms. The minimum Gasteiger partial charge on any atom is -0.343 e. The number of hydrogen-bond donors (Lipinski definition) is 0. The molecule has 3 heterocycles. The lowest BCUT2D eigenvalue weighted by Gasteiger charge is -2.37. The lowest BCUT2D eigenvalue weighted by molar-refractivity contribution is -0.145. The van der Waals surface area contributed by atoms with E-state index in [0.717, 1.165) is 0 Å². The molecule has 164 valence electrons. The maximum atomic E-state index is 13.4. The summed E-state index contributed by atoms with van der Waals surface area (Å²) >= 11 is 0. The van der Waals surface area contributed by atoms with Crippen molar-refractivity contribution in [2.24, 2.45) is 5.92 Å². The number of anilines is 1. The minimum absolute atomic E-state index is 0.00186. The van der Waals surface area contributed by atoms with Crippen molar-refractivity contribution in [2.45, 2.75) is 50.2 Å². The van der Waals surface area contributed by atoms with Crippen LogP contribution in [-0.2, 0) is 18.9 Å². The summed E-state index contributed by atoms with van der Waals surface area (Å²) in [5.41, 5.74) is -3.51. The zero-order valence-corrected chi connectivity index (χ0v) is 15.9. The fourth-order valence-corrected chi connectivity index (χ4v) is 4.54. The van der Waals surface area contributed by atoms with Gasteiger partial charge < -0.3 is 4.90 Å². The van der Waals surface area contributed by atoms with Crippen molar-refractivity contribution in [2.75, 3.05) is 4.90 Å². The van der Waals surface area contributed by atoms with Gasteiger partial charge in [0.1, 0.15) is 17.3 Å². The van der Waals surface area contributed by atoms with E-state index in [0.29, 0.717) is 25.3 Å². The smallest absolute Gasteiger partial charge is 0.343 e. The van der Waals surface area contributed by atoms with Crippen LogP contribution in [0.4, 0.5) is 32.2 Å². The number of pyridine rings is 1. The van der Waals surface area contributed by atoms with Crippen molar-refractivity contribution >= 4 is 5.82 Å². The van der Waals surface area contributed by atoms with Crippen LogP contribution >= 0.6 is 0 Å². The van der Waals surface area contributed by atoms with E-state index in [-0.39, 0.29) is 30.4 Å². The van der Waals surface area contributed by atoms with Crippen molar-refractivity contribution in [3.8, 4) is 12.3 Å². The van der Waals surface area contributed by atoms with Gasteiger partial charge >= 0.3 is 12.4 Å². The van der Waals surface area contributed by atoms with E-state index < -0.39 is 41.0 Å². The maximum absolute atomic E-state index is 13.4. The second-order valence-corrected chi connectivity index (χ2v) is 7.61. The van der Waals surface area contributed by atoms with Crippen LogP contribution < -0.4 is 10.5 Å². The molecular formula is C20H16F6N4O. The molecule has 0 unspecified atom stereocenters. The van der Waals surface area contributed by atoms with E-state index in [1.807, 2.05) is 0 Å². The number of halogens is 6. The molecular weight excluding hydrogens is 426 g/mol. The Kier molecular flexibility index (Phi) is 4.98. The fraction of sp³-hybridized carbons (Fsp3) is 0.450. The Hall–Kier alpha value is -3.03. The average Bonchev–Trinajstić information content (AvgIpc) is 3.29. The van der Waals surface area contributed by atoms with Gasteiger partial charge in [0.25, 0.3) is 5.56 Å². The third kappa shape index (κ3) is 3.75. The summed E-state index contributed by atoms with van der Waals surface area (Å²) in [5.74, 6) is 2.01. The molecule has 1 saturated heterocycles. The molecule has 1 aliphatic carbocycles. The predicted molar refractivity (Wildman–Crippen MR) is 97.9 cm³/mol. The first-order chi connectivity index (χ1) is 14.5. The zero-order valence-electron chi connectivity index (χ0n) is 15.9. The summed E-state index contributed by atoms with van der Waals surface area (Å²) in [6, 6.07) is 0.793. The summed E-state index contributed by atoms with van der Waals surface area (Å²) in [5, 5.41) is 0. The third-order valence-electron chi connectivity index (χ3n) is 5.76. The molecule has 2 aliphatic rings. The number of nitrogens with zero attached hydrogens (tertiary/aromatic N) is 4. The number of rotatable bonds is 3. The number of alkyl halides is 6. The number of terminal acetylenes is 1. The Morgan fingerprint density at radius 3 is 2.52 bits per heavy atom. The molecule has 2 fully saturated rings. The summed E-state index contributed by atoms with van der Waals surface area (Å²) in [6.07, 6.45) is -1.60. The van der Waals surface area contributed by atoms with Crippen LogP contribution in [0.3, 0.4) is 0 Å². The molecule has 0 N–H and O–H groups in total. The van der Waals surface area contributed by atoms with Gasteiger partial charge in [0, 0.05) is 18.3 Å². The quantitative estimate of drug-likeness (QED) is 0.532. The van der Waals surface area contributed by atoms with E-state index in [4.69, 9.17) is 6.42 Å². The van der Waals surface area contributed by atoms with Crippen LogP contribution in [0.25, 0.3) is 0 Å². The summed E-state index contributed by atoms with van der Waals surface area (Å²) in [4.78, 5) is 21.5. The normalized spacial score (nSPS) is 23.3. The molecule has 2 aromatic rings. The van der Waals surface area contributed by atoms with E-state index in [2.05, 4.69) is 15.9 Å². The van der Waals surface area contributed by atoms with Crippen molar-refractivity contribution in [3.63, 3.8) is 0 Å². The molecule has 0 aromatic carbocycles. The lowest BCUT2D eigenvalue weighted by Crippen LogP contribution is -2.40. The largest absolute Gasteiger partial charge is 0.433 e. The van der Waals surface area contributed by atoms with Crippen molar-refractivity contribution < 1.29 is 26.3 Å². The van der Waals surface area contributed by atoms with Gasteiger partial charge in [0.2, 0.25) is 0 Å². The Morgan fingerprint density at radius 1 is 1.13 bits per heavy atom. The number of fused-ring (bicyclic) bond motifs is 2. The number of hydrogen-bond acceptors (Lipinski definition) is 4. The standard InChI is InChI=1S/C20H16F6N4O/c1-2-7-29-16(31)5-6-27-18(29)17-11-3-4-13(8-11)30(17)15-10-12(19(21,22)23)9-14(28-15)20(24,25)26/h1,5-6,9-11,13,17H,3-4,7-8H2/t11-,13+,17-/m0/s1. The molecule has 11 heteroatoms. The van der Waals surface area contributed by atoms with E-state index >= 15 is 0 Å². The molecule has 3 atom stereocenters. The van der Waals surface area contributed by atoms with E-state index in [1.54, 1.807) is 0 Å². The van der Waals surface area contributed by atoms with Crippen LogP contribution in [0, 0.1) is 18.3 Å². The molecule has 0 spiro atoms. The molecule has 4 rings (SSSR count). The summed E-state index contributed by atoms with van der Waals surface area (Å²) in [7, 11) is 0. The van der Waals surface area contributed by atoms with Gasteiger partial charge in [-0.25, -0.2) is 9.97 Å². The van der Waals surface area contributed by atoms with Gasteiger partial charge in [-0.3, -0.25) is 9.36 Å². The van der Waals surface area contributed by atoms with Crippen LogP contribution in [0.5, 0.6) is 0 Å². The summed E-state index contributed by atoms with van der Waals surface area (Å²) in [6.45, 7) is -0.118. The van der Waals surface area contributed by atoms with Crippen LogP contribution in [0.15, 0.2) is 29.2 Å². The Morgan fingerprint density at radius 2 is 1.87 bits per heavy atom. The highest BCUT2D eigenvalue weighted by Gasteiger charge is 2.50. The Bertz CT molecular complexity index is 1070. The molecule has 2 aromatic heterocycles. The van der Waals surface area contributed by atoms with Gasteiger partial charge in [-0.15, -0.1) is 6.42 Å². The van der Waals surface area contributed by atoms with Gasteiger partial charge in [0.05, 0.1) is 18.2 Å². The predicted octanol–water partition coefficient (Wildman–Crippen LogP) is 4.04. The van der Waals surface area contributed by atoms with Crippen molar-refractivity contribution in [1.82, 2.24) is 14.5 Å². The second-order valence-electron chi connectivity index (χ2n) is 7.61. The van der Waals surface area contributed by atoms with Crippen LogP contribution in [0.1, 0.15) is 42.4 Å². The molecule has 1 aliphatic heterocycles. The molecule has 0 amide bonds. The summed E-state index contributed by atoms with van der Waals surface area (Å²) < 4.78 is 81.2. The van der Waals surface area contributed by atoms with Gasteiger partial charge in [-0.05, 0) is 37.3 Å². The number of piperidine rings is 1. The first-order valence-corrected chi connectivity index (χ1v) is 9.44. The van der Waals surface area contributed by atoms with Crippen molar-refractivity contribution in [1.29, 1.82) is 0 Å². The highest BCUT2D eigenvalue weighted by molar-refractivity contribution is 5.49. The first kappa shape index (κ1) is 21.2. The highest BCUT2D eigenvalue weighted by atomic mass is 19.4. The van der Waals surface area contributed by atoms with Crippen LogP contribution in [-0.4, -0.2) is 20.6 Å². The van der Waals surface area contributed by atoms with E-state index in [9.17, 15) is 31.1 Å². The SMILES string of the molecule is C#CCn1c([C@@H]2[C@H]3CC[C@H](C3)N2c2cc(C(F)(F)F)cc(C(F)(F)F)n2)nccc1=O. The average molecular weight is 442 g/mol. The third-order valence-corrected chi connectivity index (χ3v) is 5.76. The van der Waals surface area contributed by atoms with Crippen LogP contribution in [0.2, 0.25) is 0 Å². The number of aromatic nitrogens is 3. The maximum Gasteiger partial charge on any atom is 0.433 e. The Labute approximate surface area is 172 Å². The molecule has 1 saturated carbocycles. The lowest BCUT2D eigenvalue weighted by atomic mass is 9.97. The minimum atomic E-state index is -5.05.